The van der Waals surface area contributed by atoms with Crippen molar-refractivity contribution in [3.63, 3.8) is 0 Å². The number of esters is 2. The van der Waals surface area contributed by atoms with Crippen LogP contribution in [0.5, 0.6) is 5.75 Å². The van der Waals surface area contributed by atoms with E-state index in [1.807, 2.05) is 0 Å². The summed E-state index contributed by atoms with van der Waals surface area (Å²) in [4.78, 5) is 24.3. The Morgan fingerprint density at radius 3 is 1.97 bits per heavy atom. The second-order valence-electron chi connectivity index (χ2n) is 12.3. The Morgan fingerprint density at radius 2 is 1.45 bits per heavy atom. The van der Waals surface area contributed by atoms with Crippen molar-refractivity contribution >= 4 is 18.0 Å². The summed E-state index contributed by atoms with van der Waals surface area (Å²) in [5, 5.41) is 0. The minimum absolute atomic E-state index is 0.0685. The van der Waals surface area contributed by atoms with E-state index in [1.165, 1.54) is 6.08 Å². The first kappa shape index (κ1) is 33.6. The van der Waals surface area contributed by atoms with Gasteiger partial charge in [-0.2, -0.15) is 0 Å². The second kappa shape index (κ2) is 15.2. The molecule has 7 heteroatoms. The Morgan fingerprint density at radius 1 is 0.868 bits per heavy atom. The van der Waals surface area contributed by atoms with E-state index in [4.69, 9.17) is 9.47 Å². The Hall–Kier alpha value is -2.44. The summed E-state index contributed by atoms with van der Waals surface area (Å²) in [7, 11) is 0. The molecule has 5 nitrogen and oxygen atoms in total. The van der Waals surface area contributed by atoms with Crippen molar-refractivity contribution in [1.82, 2.24) is 0 Å². The molecule has 0 saturated heterocycles. The van der Waals surface area contributed by atoms with Crippen molar-refractivity contribution in [3.05, 3.63) is 35.9 Å². The molecular weight excluding hydrogens is 490 g/mol. The number of carbonyl (C=O) groups is 2. The minimum Gasteiger partial charge on any atom is -0.494 e. The van der Waals surface area contributed by atoms with Gasteiger partial charge in [-0.25, -0.2) is 13.6 Å². The van der Waals surface area contributed by atoms with Crippen LogP contribution in [-0.4, -0.2) is 37.7 Å². The van der Waals surface area contributed by atoms with Gasteiger partial charge in [-0.15, -0.1) is 0 Å². The van der Waals surface area contributed by atoms with E-state index in [0.29, 0.717) is 31.8 Å². The number of hydrogen-bond donors (Lipinski definition) is 0. The first-order chi connectivity index (χ1) is 17.5. The van der Waals surface area contributed by atoms with Crippen molar-refractivity contribution in [1.29, 1.82) is 0 Å². The van der Waals surface area contributed by atoms with Gasteiger partial charge in [-0.1, -0.05) is 60.6 Å². The molecule has 0 bridgehead atoms. The first-order valence-corrected chi connectivity index (χ1v) is 13.6. The molecule has 0 aliphatic heterocycles. The average Bonchev–Trinajstić information content (AvgIpc) is 2.81. The van der Waals surface area contributed by atoms with Crippen LogP contribution in [0.4, 0.5) is 8.78 Å². The number of hydrogen-bond acceptors (Lipinski definition) is 5. The SMILES string of the molecule is CC(C)C(C)(C)CC(C(=O)OCCCCCCOc1ccc(/C=C/C(=O)OCC(C)(F)F)cc1)C(C)(C)C. The number of alkyl halides is 2. The molecule has 0 spiro atoms. The smallest absolute Gasteiger partial charge is 0.330 e. The number of carbonyl (C=O) groups excluding carboxylic acids is 2. The maximum absolute atomic E-state index is 12.8. The summed E-state index contributed by atoms with van der Waals surface area (Å²) < 4.78 is 41.4. The second-order valence-corrected chi connectivity index (χ2v) is 12.3. The lowest BCUT2D eigenvalue weighted by atomic mass is 9.67. The fourth-order valence-electron chi connectivity index (χ4n) is 3.61. The summed E-state index contributed by atoms with van der Waals surface area (Å²) in [5.41, 5.74) is 0.656. The van der Waals surface area contributed by atoms with E-state index in [2.05, 4.69) is 53.2 Å². The van der Waals surface area contributed by atoms with E-state index >= 15 is 0 Å². The molecule has 1 aromatic rings. The van der Waals surface area contributed by atoms with Gasteiger partial charge in [0.25, 0.3) is 5.92 Å². The fraction of sp³-hybridized carbons (Fsp3) is 0.677. The van der Waals surface area contributed by atoms with E-state index in [1.54, 1.807) is 24.3 Å². The molecule has 38 heavy (non-hydrogen) atoms. The van der Waals surface area contributed by atoms with Gasteiger partial charge in [-0.05, 0) is 72.6 Å². The molecular formula is C31H48F2O5. The molecule has 0 aromatic heterocycles. The zero-order valence-corrected chi connectivity index (χ0v) is 24.6. The summed E-state index contributed by atoms with van der Waals surface area (Å²) in [5.74, 6) is -2.88. The van der Waals surface area contributed by atoms with Crippen molar-refractivity contribution in [2.45, 2.75) is 93.4 Å². The predicted octanol–water partition coefficient (Wildman–Crippen LogP) is 8.12. The highest BCUT2D eigenvalue weighted by Crippen LogP contribution is 2.40. The van der Waals surface area contributed by atoms with Crippen LogP contribution in [0, 0.1) is 22.7 Å². The van der Waals surface area contributed by atoms with Crippen LogP contribution in [-0.2, 0) is 19.1 Å². The van der Waals surface area contributed by atoms with E-state index in [9.17, 15) is 18.4 Å². The van der Waals surface area contributed by atoms with Crippen LogP contribution in [0.15, 0.2) is 30.3 Å². The Labute approximate surface area is 228 Å². The van der Waals surface area contributed by atoms with Gasteiger partial charge in [0.15, 0.2) is 6.61 Å². The highest BCUT2D eigenvalue weighted by molar-refractivity contribution is 5.87. The van der Waals surface area contributed by atoms with Gasteiger partial charge in [-0.3, -0.25) is 4.79 Å². The summed E-state index contributed by atoms with van der Waals surface area (Å²) in [6.45, 7) is 15.9. The molecule has 0 amide bonds. The Kier molecular flexibility index (Phi) is 13.5. The number of unbranched alkanes of at least 4 members (excludes halogenated alkanes) is 3. The molecule has 0 heterocycles. The lowest BCUT2D eigenvalue weighted by Crippen LogP contribution is -2.36. The summed E-state index contributed by atoms with van der Waals surface area (Å²) in [6, 6.07) is 7.12. The van der Waals surface area contributed by atoms with Crippen LogP contribution in [0.1, 0.15) is 93.1 Å². The topological polar surface area (TPSA) is 61.8 Å². The molecule has 0 aliphatic carbocycles. The Bertz CT molecular complexity index is 877. The van der Waals surface area contributed by atoms with Crippen LogP contribution in [0.25, 0.3) is 6.08 Å². The third kappa shape index (κ3) is 13.9. The molecule has 1 aromatic carbocycles. The van der Waals surface area contributed by atoms with Gasteiger partial charge in [0.1, 0.15) is 5.75 Å². The maximum Gasteiger partial charge on any atom is 0.330 e. The molecule has 1 atom stereocenters. The van der Waals surface area contributed by atoms with Gasteiger partial charge in [0, 0.05) is 13.0 Å². The summed E-state index contributed by atoms with van der Waals surface area (Å²) in [6.07, 6.45) is 7.08. The standard InChI is InChI=1S/C31H48F2O5/c1-23(2)30(6,7)21-26(29(3,4)5)28(35)37-20-12-10-9-11-19-36-25-16-13-24(14-17-25)15-18-27(34)38-22-31(8,32)33/h13-18,23,26H,9-12,19-22H2,1-8H3/b18-15+. The van der Waals surface area contributed by atoms with Crippen LogP contribution < -0.4 is 4.74 Å². The van der Waals surface area contributed by atoms with E-state index < -0.39 is 18.5 Å². The average molecular weight is 539 g/mol. The number of benzene rings is 1. The van der Waals surface area contributed by atoms with Crippen molar-refractivity contribution in [2.24, 2.45) is 22.7 Å². The van der Waals surface area contributed by atoms with Gasteiger partial charge in [0.2, 0.25) is 0 Å². The molecule has 0 saturated carbocycles. The van der Waals surface area contributed by atoms with Crippen molar-refractivity contribution in [2.75, 3.05) is 19.8 Å². The summed E-state index contributed by atoms with van der Waals surface area (Å²) >= 11 is 0. The minimum atomic E-state index is -3.05. The van der Waals surface area contributed by atoms with Crippen molar-refractivity contribution < 1.29 is 32.6 Å². The van der Waals surface area contributed by atoms with Crippen LogP contribution >= 0.6 is 0 Å². The third-order valence-electron chi connectivity index (χ3n) is 6.93. The highest BCUT2D eigenvalue weighted by atomic mass is 19.3. The third-order valence-corrected chi connectivity index (χ3v) is 6.93. The van der Waals surface area contributed by atoms with Crippen LogP contribution in [0.3, 0.4) is 0 Å². The zero-order valence-electron chi connectivity index (χ0n) is 24.6. The number of rotatable bonds is 16. The first-order valence-electron chi connectivity index (χ1n) is 13.6. The number of halogens is 2. The molecule has 0 fully saturated rings. The highest BCUT2D eigenvalue weighted by Gasteiger charge is 2.38. The molecule has 0 aliphatic rings. The largest absolute Gasteiger partial charge is 0.494 e. The van der Waals surface area contributed by atoms with E-state index in [0.717, 1.165) is 43.7 Å². The molecule has 1 rings (SSSR count). The quantitative estimate of drug-likeness (QED) is 0.121. The Balaban J connectivity index is 2.29. The monoisotopic (exact) mass is 538 g/mol. The van der Waals surface area contributed by atoms with Gasteiger partial charge in [0.05, 0.1) is 19.1 Å². The lowest BCUT2D eigenvalue weighted by Gasteiger charge is -2.38. The maximum atomic E-state index is 12.8. The van der Waals surface area contributed by atoms with Crippen LogP contribution in [0.2, 0.25) is 0 Å². The lowest BCUT2D eigenvalue weighted by molar-refractivity contribution is -0.154. The van der Waals surface area contributed by atoms with Gasteiger partial charge >= 0.3 is 11.9 Å². The molecule has 0 radical (unpaired) electrons. The molecule has 0 N–H and O–H groups in total. The van der Waals surface area contributed by atoms with E-state index in [-0.39, 0.29) is 22.7 Å². The molecule has 216 valence electrons. The predicted molar refractivity (Wildman–Crippen MR) is 148 cm³/mol. The zero-order chi connectivity index (χ0) is 29.0. The number of ether oxygens (including phenoxy) is 3. The normalized spacial score (nSPS) is 13.6. The molecule has 1 unspecified atom stereocenters. The fourth-order valence-corrected chi connectivity index (χ4v) is 3.61. The van der Waals surface area contributed by atoms with Gasteiger partial charge < -0.3 is 14.2 Å². The van der Waals surface area contributed by atoms with Crippen molar-refractivity contribution in [3.8, 4) is 5.75 Å².